The van der Waals surface area contributed by atoms with Gasteiger partial charge in [-0.3, -0.25) is 4.79 Å². The van der Waals surface area contributed by atoms with Crippen molar-refractivity contribution in [3.8, 4) is 6.07 Å². The average Bonchev–Trinajstić information content (AvgIpc) is 2.47. The number of amides is 1. The minimum Gasteiger partial charge on any atom is -0.378 e. The molecule has 0 saturated carbocycles. The minimum absolute atomic E-state index is 0.0154. The van der Waals surface area contributed by atoms with E-state index in [1.54, 1.807) is 18.3 Å². The van der Waals surface area contributed by atoms with Crippen molar-refractivity contribution in [1.82, 2.24) is 9.88 Å². The molecule has 0 N–H and O–H groups in total. The molecule has 1 amide bonds. The molecule has 0 spiro atoms. The molecule has 6 nitrogen and oxygen atoms in total. The lowest BCUT2D eigenvalue weighted by atomic mass is 9.97. The third-order valence-corrected chi connectivity index (χ3v) is 3.76. The van der Waals surface area contributed by atoms with Crippen molar-refractivity contribution < 1.29 is 9.53 Å². The van der Waals surface area contributed by atoms with Crippen LogP contribution in [0.15, 0.2) is 18.3 Å². The molecule has 1 aromatic heterocycles. The van der Waals surface area contributed by atoms with Gasteiger partial charge < -0.3 is 14.5 Å². The molecule has 0 bridgehead atoms. The Kier molecular flexibility index (Phi) is 3.52. The second-order valence-electron chi connectivity index (χ2n) is 5.03. The Bertz CT molecular complexity index is 542. The number of rotatable bonds is 2. The smallest absolute Gasteiger partial charge is 0.229 e. The van der Waals surface area contributed by atoms with Crippen LogP contribution in [0.5, 0.6) is 0 Å². The van der Waals surface area contributed by atoms with Crippen LogP contribution in [0.3, 0.4) is 0 Å². The van der Waals surface area contributed by atoms with Crippen LogP contribution in [0.4, 0.5) is 5.82 Å². The summed E-state index contributed by atoms with van der Waals surface area (Å²) in [7, 11) is 0. The van der Waals surface area contributed by atoms with Gasteiger partial charge in [0.2, 0.25) is 5.91 Å². The fourth-order valence-corrected chi connectivity index (χ4v) is 2.59. The Morgan fingerprint density at radius 2 is 2.15 bits per heavy atom. The van der Waals surface area contributed by atoms with Crippen molar-refractivity contribution in [3.05, 3.63) is 23.9 Å². The highest BCUT2D eigenvalue weighted by Crippen LogP contribution is 2.26. The predicted octanol–water partition coefficient (Wildman–Crippen LogP) is 0.248. The maximum Gasteiger partial charge on any atom is 0.229 e. The van der Waals surface area contributed by atoms with Gasteiger partial charge >= 0.3 is 0 Å². The Balaban J connectivity index is 1.61. The van der Waals surface area contributed by atoms with Crippen LogP contribution in [-0.4, -0.2) is 55.2 Å². The van der Waals surface area contributed by atoms with Gasteiger partial charge in [0.15, 0.2) is 0 Å². The molecule has 3 rings (SSSR count). The summed E-state index contributed by atoms with van der Waals surface area (Å²) in [5, 5.41) is 9.06. The zero-order valence-electron chi connectivity index (χ0n) is 11.2. The molecular formula is C14H16N4O2. The minimum atomic E-state index is 0.0154. The van der Waals surface area contributed by atoms with Crippen LogP contribution >= 0.6 is 0 Å². The van der Waals surface area contributed by atoms with Crippen molar-refractivity contribution in [2.75, 3.05) is 44.3 Å². The molecule has 20 heavy (non-hydrogen) atoms. The summed E-state index contributed by atoms with van der Waals surface area (Å²) >= 11 is 0. The Hall–Kier alpha value is -2.13. The SMILES string of the molecule is N#Cc1cccnc1N1CC(C(=O)N2CCOCC2)C1. The zero-order chi connectivity index (χ0) is 13.9. The highest BCUT2D eigenvalue weighted by Gasteiger charge is 2.37. The molecule has 2 aliphatic rings. The first-order chi connectivity index (χ1) is 9.79. The monoisotopic (exact) mass is 272 g/mol. The van der Waals surface area contributed by atoms with Gasteiger partial charge in [-0.05, 0) is 12.1 Å². The first-order valence-electron chi connectivity index (χ1n) is 6.76. The summed E-state index contributed by atoms with van der Waals surface area (Å²) in [5.41, 5.74) is 0.560. The lowest BCUT2D eigenvalue weighted by Gasteiger charge is -2.42. The lowest BCUT2D eigenvalue weighted by molar-refractivity contribution is -0.140. The summed E-state index contributed by atoms with van der Waals surface area (Å²) in [6.07, 6.45) is 1.67. The first kappa shape index (κ1) is 12.9. The number of pyridine rings is 1. The van der Waals surface area contributed by atoms with Crippen molar-refractivity contribution in [3.63, 3.8) is 0 Å². The largest absolute Gasteiger partial charge is 0.378 e. The Morgan fingerprint density at radius 3 is 2.85 bits per heavy atom. The van der Waals surface area contributed by atoms with Crippen molar-refractivity contribution in [2.24, 2.45) is 5.92 Å². The van der Waals surface area contributed by atoms with Gasteiger partial charge in [0.25, 0.3) is 0 Å². The standard InChI is InChI=1S/C14H16N4O2/c15-8-11-2-1-3-16-13(11)18-9-12(10-18)14(19)17-4-6-20-7-5-17/h1-3,12H,4-7,9-10H2. The van der Waals surface area contributed by atoms with E-state index in [0.717, 1.165) is 0 Å². The average molecular weight is 272 g/mol. The van der Waals surface area contributed by atoms with Gasteiger partial charge in [-0.2, -0.15) is 5.26 Å². The molecule has 0 atom stereocenters. The molecule has 0 aromatic carbocycles. The van der Waals surface area contributed by atoms with E-state index >= 15 is 0 Å². The van der Waals surface area contributed by atoms with Crippen LogP contribution in [0.2, 0.25) is 0 Å². The molecule has 2 saturated heterocycles. The van der Waals surface area contributed by atoms with E-state index in [0.29, 0.717) is 50.8 Å². The topological polar surface area (TPSA) is 69.5 Å². The summed E-state index contributed by atoms with van der Waals surface area (Å²) < 4.78 is 5.25. The van der Waals surface area contributed by atoms with Gasteiger partial charge in [0.1, 0.15) is 11.9 Å². The van der Waals surface area contributed by atoms with Gasteiger partial charge in [-0.15, -0.1) is 0 Å². The highest BCUT2D eigenvalue weighted by atomic mass is 16.5. The molecule has 2 aliphatic heterocycles. The van der Waals surface area contributed by atoms with Crippen LogP contribution in [0.1, 0.15) is 5.56 Å². The van der Waals surface area contributed by atoms with E-state index in [1.807, 2.05) is 9.80 Å². The fourth-order valence-electron chi connectivity index (χ4n) is 2.59. The number of anilines is 1. The molecule has 6 heteroatoms. The fraction of sp³-hybridized carbons (Fsp3) is 0.500. The van der Waals surface area contributed by atoms with Crippen LogP contribution in [0.25, 0.3) is 0 Å². The predicted molar refractivity (Wildman–Crippen MR) is 72.1 cm³/mol. The maximum atomic E-state index is 12.3. The third-order valence-electron chi connectivity index (χ3n) is 3.76. The molecule has 0 aliphatic carbocycles. The Morgan fingerprint density at radius 1 is 1.40 bits per heavy atom. The van der Waals surface area contributed by atoms with E-state index in [2.05, 4.69) is 11.1 Å². The number of hydrogen-bond donors (Lipinski definition) is 0. The first-order valence-corrected chi connectivity index (χ1v) is 6.76. The zero-order valence-corrected chi connectivity index (χ0v) is 11.2. The number of ether oxygens (including phenoxy) is 1. The van der Waals surface area contributed by atoms with Gasteiger partial charge in [0, 0.05) is 32.4 Å². The molecular weight excluding hydrogens is 256 g/mol. The van der Waals surface area contributed by atoms with E-state index in [-0.39, 0.29) is 11.8 Å². The van der Waals surface area contributed by atoms with E-state index in [1.165, 1.54) is 0 Å². The molecule has 2 fully saturated rings. The number of aromatic nitrogens is 1. The third kappa shape index (κ3) is 2.32. The quantitative estimate of drug-likeness (QED) is 0.772. The summed E-state index contributed by atoms with van der Waals surface area (Å²) in [6, 6.07) is 5.63. The van der Waals surface area contributed by atoms with Crippen LogP contribution < -0.4 is 4.90 Å². The number of nitriles is 1. The van der Waals surface area contributed by atoms with Crippen LogP contribution in [0, 0.1) is 17.2 Å². The second kappa shape index (κ2) is 5.47. The number of hydrogen-bond acceptors (Lipinski definition) is 5. The molecule has 0 radical (unpaired) electrons. The number of carbonyl (C=O) groups is 1. The van der Waals surface area contributed by atoms with E-state index < -0.39 is 0 Å². The number of carbonyl (C=O) groups excluding carboxylic acids is 1. The summed E-state index contributed by atoms with van der Waals surface area (Å²) in [4.78, 5) is 20.4. The molecule has 1 aromatic rings. The molecule has 104 valence electrons. The lowest BCUT2D eigenvalue weighted by Crippen LogP contribution is -2.56. The molecule has 3 heterocycles. The van der Waals surface area contributed by atoms with Gasteiger partial charge in [-0.25, -0.2) is 4.98 Å². The summed E-state index contributed by atoms with van der Waals surface area (Å²) in [6.45, 7) is 3.90. The van der Waals surface area contributed by atoms with E-state index in [9.17, 15) is 4.79 Å². The van der Waals surface area contributed by atoms with Crippen molar-refractivity contribution in [1.29, 1.82) is 5.26 Å². The van der Waals surface area contributed by atoms with Crippen molar-refractivity contribution >= 4 is 11.7 Å². The van der Waals surface area contributed by atoms with Gasteiger partial charge in [-0.1, -0.05) is 0 Å². The van der Waals surface area contributed by atoms with Crippen LogP contribution in [-0.2, 0) is 9.53 Å². The highest BCUT2D eigenvalue weighted by molar-refractivity contribution is 5.82. The maximum absolute atomic E-state index is 12.3. The number of nitrogens with zero attached hydrogens (tertiary/aromatic N) is 4. The summed E-state index contributed by atoms with van der Waals surface area (Å²) in [5.74, 6) is 0.890. The normalized spacial score (nSPS) is 19.4. The Labute approximate surface area is 117 Å². The van der Waals surface area contributed by atoms with E-state index in [4.69, 9.17) is 10.00 Å². The second-order valence-corrected chi connectivity index (χ2v) is 5.03. The number of morpholine rings is 1. The molecule has 0 unspecified atom stereocenters. The van der Waals surface area contributed by atoms with Crippen molar-refractivity contribution in [2.45, 2.75) is 0 Å². The van der Waals surface area contributed by atoms with Gasteiger partial charge in [0.05, 0.1) is 24.7 Å².